The normalized spacial score (nSPS) is 11.8. The lowest BCUT2D eigenvalue weighted by Crippen LogP contribution is -2.35. The lowest BCUT2D eigenvalue weighted by Gasteiger charge is -2.16. The van der Waals surface area contributed by atoms with E-state index in [0.717, 1.165) is 5.52 Å². The predicted molar refractivity (Wildman–Crippen MR) is 66.8 cm³/mol. The molecule has 18 heavy (non-hydrogen) atoms. The summed E-state index contributed by atoms with van der Waals surface area (Å²) in [5.74, 6) is -2.58. The van der Waals surface area contributed by atoms with Gasteiger partial charge in [-0.15, -0.1) is 0 Å². The van der Waals surface area contributed by atoms with E-state index in [1.165, 1.54) is 0 Å². The Hall–Kier alpha value is -1.82. The van der Waals surface area contributed by atoms with E-state index in [9.17, 15) is 8.78 Å². The third-order valence-corrected chi connectivity index (χ3v) is 2.56. The molecule has 0 amide bonds. The fourth-order valence-corrected chi connectivity index (χ4v) is 1.54. The molecule has 0 saturated carbocycles. The van der Waals surface area contributed by atoms with Crippen molar-refractivity contribution in [2.24, 2.45) is 5.73 Å². The van der Waals surface area contributed by atoms with Crippen molar-refractivity contribution >= 4 is 16.9 Å². The van der Waals surface area contributed by atoms with Crippen LogP contribution in [0.2, 0.25) is 0 Å². The van der Waals surface area contributed by atoms with Crippen molar-refractivity contribution in [2.75, 3.05) is 18.4 Å². The largest absolute Gasteiger partial charge is 0.362 e. The number of hydrogen-bond donors (Lipinski definition) is 2. The minimum atomic E-state index is -2.94. The van der Waals surface area contributed by atoms with Crippen LogP contribution in [0.4, 0.5) is 14.6 Å². The number of benzene rings is 1. The van der Waals surface area contributed by atoms with Gasteiger partial charge in [-0.25, -0.2) is 18.7 Å². The lowest BCUT2D eigenvalue weighted by molar-refractivity contribution is 0.0253. The summed E-state index contributed by atoms with van der Waals surface area (Å²) in [6.45, 7) is 0.486. The molecule has 0 fully saturated rings. The minimum Gasteiger partial charge on any atom is -0.362 e. The maximum atomic E-state index is 13.0. The third kappa shape index (κ3) is 2.70. The quantitative estimate of drug-likeness (QED) is 0.873. The molecule has 0 aliphatic heterocycles. The summed E-state index contributed by atoms with van der Waals surface area (Å²) in [5, 5.41) is 2.59. The van der Waals surface area contributed by atoms with Crippen molar-refractivity contribution in [3.8, 4) is 0 Å². The van der Waals surface area contributed by atoms with E-state index in [-0.39, 0.29) is 0 Å². The Bertz CT molecular complexity index is 557. The number of hydrogen-bond acceptors (Lipinski definition) is 4. The van der Waals surface area contributed by atoms with Gasteiger partial charge in [-0.1, -0.05) is 12.1 Å². The van der Waals surface area contributed by atoms with Gasteiger partial charge in [-0.05, 0) is 19.1 Å². The second-order valence-corrected chi connectivity index (χ2v) is 4.06. The van der Waals surface area contributed by atoms with E-state index in [1.54, 1.807) is 13.0 Å². The molecule has 0 atom stereocenters. The van der Waals surface area contributed by atoms with Crippen LogP contribution in [0.3, 0.4) is 0 Å². The molecule has 2 aromatic rings. The van der Waals surface area contributed by atoms with Crippen LogP contribution in [0.1, 0.15) is 5.69 Å². The number of nitrogens with zero attached hydrogens (tertiary/aromatic N) is 2. The summed E-state index contributed by atoms with van der Waals surface area (Å²) >= 11 is 0. The zero-order valence-electron chi connectivity index (χ0n) is 9.95. The van der Waals surface area contributed by atoms with E-state index in [1.807, 2.05) is 18.2 Å². The highest BCUT2D eigenvalue weighted by Crippen LogP contribution is 2.18. The summed E-state index contributed by atoms with van der Waals surface area (Å²) in [7, 11) is 0. The van der Waals surface area contributed by atoms with Crippen LogP contribution in [0.15, 0.2) is 24.3 Å². The highest BCUT2D eigenvalue weighted by atomic mass is 19.3. The van der Waals surface area contributed by atoms with Gasteiger partial charge in [0.25, 0.3) is 5.92 Å². The first-order valence-corrected chi connectivity index (χ1v) is 5.57. The molecule has 6 heteroatoms. The van der Waals surface area contributed by atoms with Gasteiger partial charge in [-0.2, -0.15) is 0 Å². The standard InChI is InChI=1S/C12H14F2N4/c1-8-11(16-7-12(13,14)6-15)18-10-5-3-2-4-9(10)17-8/h2-5H,6-7,15H2,1H3,(H,16,18). The zero-order chi connectivity index (χ0) is 13.2. The molecule has 0 radical (unpaired) electrons. The molecule has 96 valence electrons. The van der Waals surface area contributed by atoms with E-state index >= 15 is 0 Å². The highest BCUT2D eigenvalue weighted by Gasteiger charge is 2.26. The Morgan fingerprint density at radius 1 is 1.22 bits per heavy atom. The van der Waals surface area contributed by atoms with Gasteiger partial charge in [0.2, 0.25) is 0 Å². The number of halogens is 2. The molecule has 0 bridgehead atoms. The van der Waals surface area contributed by atoms with Gasteiger partial charge in [0.1, 0.15) is 5.82 Å². The molecule has 1 aromatic carbocycles. The number of fused-ring (bicyclic) bond motifs is 1. The molecule has 0 aliphatic rings. The van der Waals surface area contributed by atoms with Crippen molar-refractivity contribution < 1.29 is 8.78 Å². The molecule has 3 N–H and O–H groups in total. The monoisotopic (exact) mass is 252 g/mol. The van der Waals surface area contributed by atoms with Crippen molar-refractivity contribution in [3.63, 3.8) is 0 Å². The Labute approximate surface area is 103 Å². The zero-order valence-corrected chi connectivity index (χ0v) is 9.95. The maximum absolute atomic E-state index is 13.0. The molecule has 0 saturated heterocycles. The molecular weight excluding hydrogens is 238 g/mol. The van der Waals surface area contributed by atoms with Crippen molar-refractivity contribution in [3.05, 3.63) is 30.0 Å². The number of nitrogens with one attached hydrogen (secondary N) is 1. The molecule has 1 aromatic heterocycles. The molecule has 0 spiro atoms. The second-order valence-electron chi connectivity index (χ2n) is 4.06. The Morgan fingerprint density at radius 3 is 2.44 bits per heavy atom. The number of nitrogens with two attached hydrogens (primary N) is 1. The second kappa shape index (κ2) is 4.81. The highest BCUT2D eigenvalue weighted by molar-refractivity contribution is 5.76. The van der Waals surface area contributed by atoms with Crippen LogP contribution < -0.4 is 11.1 Å². The Balaban J connectivity index is 2.25. The van der Waals surface area contributed by atoms with Crippen molar-refractivity contribution in [1.29, 1.82) is 0 Å². The van der Waals surface area contributed by atoms with Gasteiger partial charge < -0.3 is 11.1 Å². The SMILES string of the molecule is Cc1nc2ccccc2nc1NCC(F)(F)CN. The fraction of sp³-hybridized carbons (Fsp3) is 0.333. The maximum Gasteiger partial charge on any atom is 0.276 e. The van der Waals surface area contributed by atoms with E-state index in [4.69, 9.17) is 5.73 Å². The van der Waals surface area contributed by atoms with Gasteiger partial charge in [-0.3, -0.25) is 0 Å². The summed E-state index contributed by atoms with van der Waals surface area (Å²) in [6.07, 6.45) is 0. The minimum absolute atomic E-state index is 0.363. The number of aromatic nitrogens is 2. The van der Waals surface area contributed by atoms with Crippen LogP contribution in [0, 0.1) is 6.92 Å². The smallest absolute Gasteiger partial charge is 0.276 e. The molecular formula is C12H14F2N4. The van der Waals surface area contributed by atoms with Crippen molar-refractivity contribution in [1.82, 2.24) is 9.97 Å². The Morgan fingerprint density at radius 2 is 1.83 bits per heavy atom. The average Bonchev–Trinajstić information content (AvgIpc) is 2.36. The Kier molecular flexibility index (Phi) is 3.38. The fourth-order valence-electron chi connectivity index (χ4n) is 1.54. The van der Waals surface area contributed by atoms with Crippen molar-refractivity contribution in [2.45, 2.75) is 12.8 Å². The first-order chi connectivity index (χ1) is 8.52. The molecule has 0 unspecified atom stereocenters. The van der Waals surface area contributed by atoms with Gasteiger partial charge >= 0.3 is 0 Å². The number of anilines is 1. The first kappa shape index (κ1) is 12.6. The molecule has 1 heterocycles. The van der Waals surface area contributed by atoms with Gasteiger partial charge in [0.05, 0.1) is 29.8 Å². The van der Waals surface area contributed by atoms with E-state index in [2.05, 4.69) is 15.3 Å². The molecule has 0 aliphatic carbocycles. The van der Waals surface area contributed by atoms with Crippen LogP contribution >= 0.6 is 0 Å². The number of aryl methyl sites for hydroxylation is 1. The summed E-state index contributed by atoms with van der Waals surface area (Å²) in [5.41, 5.74) is 6.97. The first-order valence-electron chi connectivity index (χ1n) is 5.57. The molecule has 2 rings (SSSR count). The van der Waals surface area contributed by atoms with Gasteiger partial charge in [0.15, 0.2) is 0 Å². The summed E-state index contributed by atoms with van der Waals surface area (Å²) in [6, 6.07) is 7.29. The van der Waals surface area contributed by atoms with Crippen LogP contribution in [0.25, 0.3) is 11.0 Å². The third-order valence-electron chi connectivity index (χ3n) is 2.56. The number of alkyl halides is 2. The number of rotatable bonds is 4. The average molecular weight is 252 g/mol. The topological polar surface area (TPSA) is 63.8 Å². The summed E-state index contributed by atoms with van der Waals surface area (Å²) < 4.78 is 26.1. The summed E-state index contributed by atoms with van der Waals surface area (Å²) in [4.78, 5) is 8.57. The predicted octanol–water partition coefficient (Wildman–Crippen LogP) is 1.94. The van der Waals surface area contributed by atoms with Crippen LogP contribution in [0.5, 0.6) is 0 Å². The van der Waals surface area contributed by atoms with E-state index < -0.39 is 19.0 Å². The number of para-hydroxylation sites is 2. The molecule has 4 nitrogen and oxygen atoms in total. The van der Waals surface area contributed by atoms with Crippen LogP contribution in [-0.2, 0) is 0 Å². The van der Waals surface area contributed by atoms with Gasteiger partial charge in [0, 0.05) is 0 Å². The van der Waals surface area contributed by atoms with E-state index in [0.29, 0.717) is 17.0 Å². The van der Waals surface area contributed by atoms with Crippen LogP contribution in [-0.4, -0.2) is 29.0 Å². The lowest BCUT2D eigenvalue weighted by atomic mass is 10.3.